The molecule has 154 valence electrons. The Morgan fingerprint density at radius 1 is 0.964 bits per heavy atom. The van der Waals surface area contributed by atoms with E-state index in [2.05, 4.69) is 33.9 Å². The Balaban J connectivity index is 2.82. The van der Waals surface area contributed by atoms with Gasteiger partial charge in [-0.3, -0.25) is 9.63 Å². The molecular formula is C21H31NO5Si. The minimum atomic E-state index is -2.17. The average Bonchev–Trinajstić information content (AvgIpc) is 2.64. The summed E-state index contributed by atoms with van der Waals surface area (Å²) < 4.78 is 17.8. The Morgan fingerprint density at radius 2 is 1.54 bits per heavy atom. The summed E-state index contributed by atoms with van der Waals surface area (Å²) in [7, 11) is 4.08. The van der Waals surface area contributed by atoms with Gasteiger partial charge < -0.3 is 13.9 Å². The molecular weight excluding hydrogens is 374 g/mol. The molecule has 2 rings (SSSR count). The van der Waals surface area contributed by atoms with Crippen molar-refractivity contribution in [1.82, 2.24) is 5.06 Å². The maximum Gasteiger partial charge on any atom is 0.277 e. The van der Waals surface area contributed by atoms with Gasteiger partial charge in [-0.25, -0.2) is 5.06 Å². The number of hydrogen-bond donors (Lipinski definition) is 0. The predicted octanol–water partition coefficient (Wildman–Crippen LogP) is 4.87. The van der Waals surface area contributed by atoms with Crippen LogP contribution in [0.4, 0.5) is 0 Å². The SMILES string of the molecule is COc1ccc(OC)c2c(O[Si](C)(C)C(C)(C)C)cc(C(=O)N(C)OC)cc12. The van der Waals surface area contributed by atoms with Gasteiger partial charge in [-0.2, -0.15) is 0 Å². The molecule has 2 aromatic carbocycles. The molecule has 6 nitrogen and oxygen atoms in total. The van der Waals surface area contributed by atoms with Crippen LogP contribution in [-0.4, -0.2) is 47.7 Å². The Labute approximate surface area is 168 Å². The van der Waals surface area contributed by atoms with Gasteiger partial charge in [0.25, 0.3) is 14.2 Å². The number of hydrogen-bond acceptors (Lipinski definition) is 5. The molecule has 0 atom stereocenters. The molecule has 0 unspecified atom stereocenters. The Hall–Kier alpha value is -2.25. The summed E-state index contributed by atoms with van der Waals surface area (Å²) in [5.41, 5.74) is 0.456. The number of fused-ring (bicyclic) bond motifs is 1. The molecule has 0 aliphatic rings. The molecule has 1 amide bonds. The van der Waals surface area contributed by atoms with Crippen LogP contribution >= 0.6 is 0 Å². The van der Waals surface area contributed by atoms with E-state index in [0.717, 1.165) is 10.8 Å². The van der Waals surface area contributed by atoms with Crippen LogP contribution in [0.25, 0.3) is 10.8 Å². The summed E-state index contributed by atoms with van der Waals surface area (Å²) in [5.74, 6) is 1.66. The van der Waals surface area contributed by atoms with Crippen LogP contribution in [0.5, 0.6) is 17.2 Å². The second-order valence-electron chi connectivity index (χ2n) is 8.21. The van der Waals surface area contributed by atoms with E-state index in [-0.39, 0.29) is 10.9 Å². The van der Waals surface area contributed by atoms with Gasteiger partial charge >= 0.3 is 0 Å². The van der Waals surface area contributed by atoms with Gasteiger partial charge in [0.1, 0.15) is 17.2 Å². The van der Waals surface area contributed by atoms with Crippen LogP contribution in [0.1, 0.15) is 31.1 Å². The van der Waals surface area contributed by atoms with Crippen LogP contribution in [0.3, 0.4) is 0 Å². The van der Waals surface area contributed by atoms with Gasteiger partial charge in [0.15, 0.2) is 0 Å². The van der Waals surface area contributed by atoms with Gasteiger partial charge in [0.2, 0.25) is 0 Å². The third kappa shape index (κ3) is 4.10. The zero-order valence-electron chi connectivity index (χ0n) is 18.3. The first-order valence-electron chi connectivity index (χ1n) is 9.16. The van der Waals surface area contributed by atoms with Gasteiger partial charge in [-0.1, -0.05) is 20.8 Å². The second-order valence-corrected chi connectivity index (χ2v) is 12.9. The van der Waals surface area contributed by atoms with Crippen molar-refractivity contribution in [3.8, 4) is 17.2 Å². The fourth-order valence-corrected chi connectivity index (χ4v) is 3.65. The number of hydroxylamine groups is 2. The van der Waals surface area contributed by atoms with E-state index < -0.39 is 8.32 Å². The van der Waals surface area contributed by atoms with E-state index in [0.29, 0.717) is 22.8 Å². The minimum absolute atomic E-state index is 0.00520. The highest BCUT2D eigenvalue weighted by Gasteiger charge is 2.39. The molecule has 0 aliphatic heterocycles. The molecule has 0 aromatic heterocycles. The van der Waals surface area contributed by atoms with Crippen molar-refractivity contribution in [2.45, 2.75) is 38.9 Å². The number of benzene rings is 2. The highest BCUT2D eigenvalue weighted by Crippen LogP contribution is 2.44. The molecule has 0 saturated heterocycles. The zero-order chi connectivity index (χ0) is 21.3. The molecule has 0 radical (unpaired) electrons. The molecule has 28 heavy (non-hydrogen) atoms. The Bertz CT molecular complexity index is 873. The molecule has 0 fully saturated rings. The van der Waals surface area contributed by atoms with Crippen LogP contribution in [0.15, 0.2) is 24.3 Å². The van der Waals surface area contributed by atoms with Crippen LogP contribution in [-0.2, 0) is 4.84 Å². The van der Waals surface area contributed by atoms with Crippen molar-refractivity contribution < 1.29 is 23.5 Å². The lowest BCUT2D eigenvalue weighted by Gasteiger charge is -2.37. The quantitative estimate of drug-likeness (QED) is 0.507. The van der Waals surface area contributed by atoms with Crippen molar-refractivity contribution >= 4 is 25.0 Å². The van der Waals surface area contributed by atoms with E-state index in [4.69, 9.17) is 18.7 Å². The van der Waals surface area contributed by atoms with E-state index in [1.165, 1.54) is 12.2 Å². The number of carbonyl (C=O) groups excluding carboxylic acids is 1. The normalized spacial score (nSPS) is 12.0. The predicted molar refractivity (Wildman–Crippen MR) is 114 cm³/mol. The summed E-state index contributed by atoms with van der Waals surface area (Å²) in [6, 6.07) is 7.23. The van der Waals surface area contributed by atoms with Gasteiger partial charge in [0.05, 0.1) is 26.7 Å². The highest BCUT2D eigenvalue weighted by molar-refractivity contribution is 6.74. The third-order valence-electron chi connectivity index (χ3n) is 5.42. The number of rotatable bonds is 6. The summed E-state index contributed by atoms with van der Waals surface area (Å²) in [5, 5.41) is 2.73. The fraction of sp³-hybridized carbons (Fsp3) is 0.476. The number of carbonyl (C=O) groups is 1. The maximum absolute atomic E-state index is 12.8. The first-order valence-corrected chi connectivity index (χ1v) is 12.1. The molecule has 0 heterocycles. The Morgan fingerprint density at radius 3 is 2.04 bits per heavy atom. The lowest BCUT2D eigenvalue weighted by Crippen LogP contribution is -2.44. The number of ether oxygens (including phenoxy) is 2. The minimum Gasteiger partial charge on any atom is -0.543 e. The van der Waals surface area contributed by atoms with Crippen LogP contribution in [0, 0.1) is 0 Å². The fourth-order valence-electron chi connectivity index (χ4n) is 2.63. The number of amides is 1. The highest BCUT2D eigenvalue weighted by atomic mass is 28.4. The number of nitrogens with zero attached hydrogens (tertiary/aromatic N) is 1. The van der Waals surface area contributed by atoms with Gasteiger partial charge in [0, 0.05) is 18.0 Å². The smallest absolute Gasteiger partial charge is 0.277 e. The molecule has 0 spiro atoms. The van der Waals surface area contributed by atoms with Crippen molar-refractivity contribution in [3.05, 3.63) is 29.8 Å². The van der Waals surface area contributed by atoms with E-state index in [9.17, 15) is 4.79 Å². The third-order valence-corrected chi connectivity index (χ3v) is 9.76. The first kappa shape index (κ1) is 22.0. The van der Waals surface area contributed by atoms with Gasteiger partial charge in [-0.15, -0.1) is 0 Å². The zero-order valence-corrected chi connectivity index (χ0v) is 19.3. The van der Waals surface area contributed by atoms with Crippen LogP contribution in [0.2, 0.25) is 18.1 Å². The molecule has 2 aromatic rings. The monoisotopic (exact) mass is 405 g/mol. The number of methoxy groups -OCH3 is 2. The average molecular weight is 406 g/mol. The first-order chi connectivity index (χ1) is 13.0. The molecule has 7 heteroatoms. The van der Waals surface area contributed by atoms with E-state index >= 15 is 0 Å². The Kier molecular flexibility index (Phi) is 6.30. The van der Waals surface area contributed by atoms with E-state index in [1.54, 1.807) is 33.4 Å². The van der Waals surface area contributed by atoms with Crippen molar-refractivity contribution in [1.29, 1.82) is 0 Å². The topological polar surface area (TPSA) is 57.2 Å². The summed E-state index contributed by atoms with van der Waals surface area (Å²) in [6.07, 6.45) is 0. The maximum atomic E-state index is 12.8. The summed E-state index contributed by atoms with van der Waals surface area (Å²) >= 11 is 0. The molecule has 0 aliphatic carbocycles. The standard InChI is InChI=1S/C21H31NO5Si/c1-21(2,3)28(8,9)27-18-13-14(20(23)22(4)26-7)12-15-16(24-5)10-11-17(25-6)19(15)18/h10-13H,1-9H3. The second kappa shape index (κ2) is 8.01. The molecule has 0 bridgehead atoms. The van der Waals surface area contributed by atoms with Crippen molar-refractivity contribution in [3.63, 3.8) is 0 Å². The van der Waals surface area contributed by atoms with Crippen molar-refractivity contribution in [2.24, 2.45) is 0 Å². The van der Waals surface area contributed by atoms with Gasteiger partial charge in [-0.05, 0) is 42.4 Å². The summed E-state index contributed by atoms with van der Waals surface area (Å²) in [6.45, 7) is 10.9. The van der Waals surface area contributed by atoms with Crippen LogP contribution < -0.4 is 13.9 Å². The lowest BCUT2D eigenvalue weighted by molar-refractivity contribution is -0.0756. The lowest BCUT2D eigenvalue weighted by atomic mass is 10.0. The van der Waals surface area contributed by atoms with E-state index in [1.807, 2.05) is 12.1 Å². The largest absolute Gasteiger partial charge is 0.543 e. The molecule has 0 N–H and O–H groups in total. The summed E-state index contributed by atoms with van der Waals surface area (Å²) in [4.78, 5) is 17.8. The molecule has 0 saturated carbocycles. The van der Waals surface area contributed by atoms with Crippen molar-refractivity contribution in [2.75, 3.05) is 28.4 Å².